The van der Waals surface area contributed by atoms with E-state index in [0.717, 1.165) is 51.4 Å². The average molecular weight is 2110 g/mol. The van der Waals surface area contributed by atoms with Gasteiger partial charge in [-0.1, -0.05) is 139 Å². The molecule has 38 nitrogen and oxygen atoms in total. The van der Waals surface area contributed by atoms with Gasteiger partial charge in [0.2, 0.25) is 11.8 Å². The van der Waals surface area contributed by atoms with Crippen LogP contribution in [-0.4, -0.2) is 283 Å². The summed E-state index contributed by atoms with van der Waals surface area (Å²) in [6.45, 7) is 42.6. The first-order chi connectivity index (χ1) is 67.8. The zero-order valence-electron chi connectivity index (χ0n) is 89.6. The second-order valence-corrected chi connectivity index (χ2v) is 34.3. The van der Waals surface area contributed by atoms with Gasteiger partial charge >= 0.3 is 147 Å². The average Bonchev–Trinajstić information content (AvgIpc) is 1.61. The molecule has 2 aromatic carbocycles. The van der Waals surface area contributed by atoms with E-state index in [2.05, 4.69) is 114 Å². The van der Waals surface area contributed by atoms with E-state index in [1.165, 1.54) is 22.3 Å². The number of aliphatic carboxylic acids is 1. The van der Waals surface area contributed by atoms with Crippen LogP contribution in [0.1, 0.15) is 247 Å². The van der Waals surface area contributed by atoms with E-state index in [-0.39, 0.29) is 282 Å². The van der Waals surface area contributed by atoms with Gasteiger partial charge in [-0.05, 0) is 162 Å². The summed E-state index contributed by atoms with van der Waals surface area (Å²) in [6, 6.07) is 16.0. The fourth-order valence-corrected chi connectivity index (χ4v) is 15.2. The number of ether oxygens (including phenoxy) is 17. The molecule has 5 aliphatic rings. The van der Waals surface area contributed by atoms with Crippen LogP contribution < -0.4 is 141 Å². The number of carbonyl (C=O) groups is 9. The first kappa shape index (κ1) is 140. The van der Waals surface area contributed by atoms with Crippen molar-refractivity contribution in [2.75, 3.05) is 145 Å². The van der Waals surface area contributed by atoms with Gasteiger partial charge in [0.1, 0.15) is 6.61 Å². The molecule has 41 heteroatoms. The van der Waals surface area contributed by atoms with Gasteiger partial charge in [-0.15, -0.1) is 0 Å². The van der Waals surface area contributed by atoms with Crippen LogP contribution in [0.5, 0.6) is 0 Å². The molecule has 0 aliphatic heterocycles. The van der Waals surface area contributed by atoms with Crippen molar-refractivity contribution in [2.45, 2.75) is 306 Å². The van der Waals surface area contributed by atoms with Crippen LogP contribution in [0.2, 0.25) is 0 Å². The third-order valence-corrected chi connectivity index (χ3v) is 23.9. The largest absolute Gasteiger partial charge is 1.00 e. The summed E-state index contributed by atoms with van der Waals surface area (Å²) in [5, 5.41) is 29.3. The quantitative estimate of drug-likeness (QED) is 0.00604. The molecule has 0 radical (unpaired) electrons. The fraction of sp³-hybridized carbons (Fsp3) is 0.716. The number of nitrogens with one attached hydrogen (secondary N) is 2. The summed E-state index contributed by atoms with van der Waals surface area (Å²) in [4.78, 5) is 116. The molecular formula is C102H172K2N5O33P. The van der Waals surface area contributed by atoms with E-state index in [9.17, 15) is 38.4 Å². The molecule has 0 spiro atoms. The smallest absolute Gasteiger partial charge is 1.00 e. The number of amides is 2. The van der Waals surface area contributed by atoms with Gasteiger partial charge in [-0.25, -0.2) is 24.4 Å². The van der Waals surface area contributed by atoms with E-state index in [4.69, 9.17) is 128 Å². The predicted molar refractivity (Wildman–Crippen MR) is 529 cm³/mol. The molecule has 0 bridgehead atoms. The Morgan fingerprint density at radius 3 is 0.972 bits per heavy atom. The molecule has 13 atom stereocenters. The summed E-state index contributed by atoms with van der Waals surface area (Å²) < 4.78 is 106. The first-order valence-electron chi connectivity index (χ1n) is 50.1. The molecule has 0 heterocycles. The predicted octanol–water partition coefficient (Wildman–Crippen LogP) is 5.77. The molecule has 0 fully saturated rings. The first-order valence-corrected chi connectivity index (χ1v) is 51.2. The minimum Gasteiger partial charge on any atom is -1.00 e. The van der Waals surface area contributed by atoms with Gasteiger partial charge in [0, 0.05) is 121 Å². The number of hydrogen-bond acceptors (Lipinski definition) is 35. The van der Waals surface area contributed by atoms with Crippen molar-refractivity contribution in [3.8, 4) is 11.1 Å². The Kier molecular flexibility index (Phi) is 86.2. The number of rotatable bonds is 61. The van der Waals surface area contributed by atoms with Gasteiger partial charge in [0.25, 0.3) is 6.47 Å². The Morgan fingerprint density at radius 1 is 0.441 bits per heavy atom. The minimum absolute atomic E-state index is 0. The maximum Gasteiger partial charge on any atom is 1.00 e. The number of carboxylic acid groups (broad SMARTS) is 1. The fourth-order valence-electron chi connectivity index (χ4n) is 15.2. The van der Waals surface area contributed by atoms with Crippen LogP contribution >= 0.6 is 8.25 Å². The number of benzene rings is 2. The van der Waals surface area contributed by atoms with Gasteiger partial charge < -0.3 is 130 Å². The minimum atomic E-state index is -3.04. The van der Waals surface area contributed by atoms with E-state index < -0.39 is 14.2 Å². The Bertz CT molecular complexity index is 3810. The van der Waals surface area contributed by atoms with Crippen LogP contribution in [0.4, 0.5) is 0 Å². The van der Waals surface area contributed by atoms with Crippen molar-refractivity contribution in [3.63, 3.8) is 0 Å². The molecule has 0 saturated carbocycles. The molecule has 810 valence electrons. The van der Waals surface area contributed by atoms with Crippen LogP contribution in [0, 0.1) is 23.7 Å². The normalized spacial score (nSPS) is 19.7. The maximum absolute atomic E-state index is 12.7. The molecule has 2 aromatic rings. The zero-order valence-corrected chi connectivity index (χ0v) is 95.8. The van der Waals surface area contributed by atoms with Crippen molar-refractivity contribution < 1.29 is 264 Å². The second-order valence-electron chi connectivity index (χ2n) is 33.7. The molecule has 2 amide bonds. The monoisotopic (exact) mass is 2100 g/mol. The summed E-state index contributed by atoms with van der Waals surface area (Å²) in [5.74, 6) is -1.92. The molecule has 1 unspecified atom stereocenters. The molecule has 0 saturated heterocycles. The summed E-state index contributed by atoms with van der Waals surface area (Å²) in [5.41, 5.74) is 24.8. The molecule has 0 aromatic heterocycles. The van der Waals surface area contributed by atoms with E-state index in [0.29, 0.717) is 199 Å². The zero-order chi connectivity index (χ0) is 105. The van der Waals surface area contributed by atoms with Crippen LogP contribution in [0.3, 0.4) is 0 Å². The van der Waals surface area contributed by atoms with Gasteiger partial charge in [-0.3, -0.25) is 24.0 Å². The topological polar surface area (TPSA) is 535 Å². The summed E-state index contributed by atoms with van der Waals surface area (Å²) >= 11 is 0. The van der Waals surface area contributed by atoms with Crippen molar-refractivity contribution in [1.82, 2.24) is 10.6 Å². The Morgan fingerprint density at radius 2 is 0.706 bits per heavy atom. The van der Waals surface area contributed by atoms with E-state index in [1.807, 2.05) is 76.3 Å². The molecule has 143 heavy (non-hydrogen) atoms. The SMILES string of the molecule is CCC(=O)O.CCOC(=O)C1=C[C@@H](OC(CC)CC)[C@H](C)[C@@H](N)C1.CCOC(=O)C1=C[C@@H](OC(CC)CC)[C@H](C)[C@@H](N)C1.CCOC(=O)C1=C[C@@H](OC(CC)CC)[C@H](C)[C@@H](NC(=O)CCOCCOCCOCCOCCCC(=O)OCC2c3ccccc3-c3ccccc32)C1.CCOC(=O)C1=C[C@@H](OC(CC)CC)[C@H](C)[C@@H](NC(=O)CCOCCOCCOCCOCCN)C1.O=CO[O-].O=[P+]([O-])OO.[H-].[HH].[K+].[K+]. The number of hydrogen-bond donors (Lipinski definition) is 7. The molecule has 10 N–H and O–H groups in total. The third kappa shape index (κ3) is 60.2. The Balaban J connectivity index is -0.000000930. The molecule has 7 rings (SSSR count). The number of carbonyl (C=O) groups excluding carboxylic acids is 8. The van der Waals surface area contributed by atoms with Crippen LogP contribution in [0.25, 0.3) is 11.1 Å². The van der Waals surface area contributed by atoms with Crippen molar-refractivity contribution in [2.24, 2.45) is 40.9 Å². The van der Waals surface area contributed by atoms with Gasteiger partial charge in [-0.2, -0.15) is 0 Å². The second kappa shape index (κ2) is 87.9. The molecule has 5 aliphatic carbocycles. The summed E-state index contributed by atoms with van der Waals surface area (Å²) in [7, 11) is -3.04. The third-order valence-electron chi connectivity index (χ3n) is 23.7. The Labute approximate surface area is 937 Å². The number of fused-ring (bicyclic) bond motifs is 3. The van der Waals surface area contributed by atoms with Crippen molar-refractivity contribution in [1.29, 1.82) is 0 Å². The van der Waals surface area contributed by atoms with Crippen LogP contribution in [-0.2, 0) is 138 Å². The van der Waals surface area contributed by atoms with Gasteiger partial charge in [0.15, 0.2) is 0 Å². The summed E-state index contributed by atoms with van der Waals surface area (Å²) in [6.07, 6.45) is 18.4. The maximum atomic E-state index is 12.7. The molecular weight excluding hydrogens is 1930 g/mol. The van der Waals surface area contributed by atoms with E-state index in [1.54, 1.807) is 20.8 Å². The number of carboxylic acids is 1. The van der Waals surface area contributed by atoms with Crippen LogP contribution in [0.15, 0.2) is 95.1 Å². The number of esters is 5. The van der Waals surface area contributed by atoms with Crippen molar-refractivity contribution >= 4 is 62.4 Å². The van der Waals surface area contributed by atoms with Crippen molar-refractivity contribution in [3.05, 3.63) is 106 Å². The van der Waals surface area contributed by atoms with Gasteiger partial charge in [0.05, 0.1) is 174 Å². The standard InChI is InChI=1S/C42H59NO10.C26H48N2O8.2C15H27NO3.C3H6O2.CH2O3.2K.HO4P.H2.H/c1-5-32(6-2)53-39-28-31(42(46)51-7-3)27-38(30(39)4)43-40(44)18-20-48-22-24-50-26-25-49-23-21-47-19-12-17-41(45)52-29-37-35-15-10-8-13-33(35)34-14-9-11-16-36(34)37;1-5-22(6-2)36-24-19-21(26(30)35-7-3)18-23(20(24)4)28-25(29)8-10-31-12-14-33-16-17-34-15-13-32-11-9-27;2*1-5-12(6-2)19-14-9-11(15(17)18-7-3)8-13(16)10(14)4;1-2-3(4)5;2-1-4-3;;;1-4-5(2)3;;/h8-11,13-16,28,30,32,37-39H,5-7,12,17-27,29H2,1-4H3,(H,43,44);19-20,22-24H,5-18,27H2,1-4H3,(H,28,29);2*9-10,12-14H,5-8,16H2,1-4H3;2H2,1H3,(H,4,5);1,3H;;;1H;1H;/q;;;;;;2*+1;;;-1/p-1/t30-,38+,39-;20-,23+,24-;2*10-,13+,14-;;;;;;;/m1111......./s1. The van der Waals surface area contributed by atoms with E-state index >= 15 is 0 Å². The number of nitrogens with two attached hydrogens (primary N) is 3. The Hall–Kier alpha value is -4.76.